The maximum absolute atomic E-state index is 10.8. The van der Waals surface area contributed by atoms with Crippen molar-refractivity contribution in [3.63, 3.8) is 0 Å². The minimum absolute atomic E-state index is 0.0339. The quantitative estimate of drug-likeness (QED) is 0.478. The zero-order valence-electron chi connectivity index (χ0n) is 22.2. The molecule has 2 aromatic rings. The third kappa shape index (κ3) is 5.50. The molecule has 1 aromatic carbocycles. The molecule has 2 fully saturated rings. The Hall–Kier alpha value is -2.93. The van der Waals surface area contributed by atoms with Gasteiger partial charge in [0.1, 0.15) is 5.75 Å². The average Bonchev–Trinajstić information content (AvgIpc) is 3.28. The number of aromatic nitrogens is 1. The van der Waals surface area contributed by atoms with Crippen molar-refractivity contribution in [2.75, 3.05) is 25.0 Å². The van der Waals surface area contributed by atoms with Gasteiger partial charge < -0.3 is 31.7 Å². The summed E-state index contributed by atoms with van der Waals surface area (Å²) in [7, 11) is 2.04. The summed E-state index contributed by atoms with van der Waals surface area (Å²) >= 11 is 0. The highest BCUT2D eigenvalue weighted by atomic mass is 16.3. The number of piperidine rings is 1. The van der Waals surface area contributed by atoms with Gasteiger partial charge in [0.15, 0.2) is 0 Å². The van der Waals surface area contributed by atoms with E-state index in [2.05, 4.69) is 53.9 Å². The lowest BCUT2D eigenvalue weighted by Crippen LogP contribution is -2.61. The molecule has 0 radical (unpaired) electrons. The average molecular weight is 479 g/mol. The maximum atomic E-state index is 10.8. The first kappa shape index (κ1) is 25.2. The second-order valence-corrected chi connectivity index (χ2v) is 11.6. The summed E-state index contributed by atoms with van der Waals surface area (Å²) in [5, 5.41) is 15.5. The summed E-state index contributed by atoms with van der Waals surface area (Å²) in [6, 6.07) is 6.13. The topological polar surface area (TPSA) is 104 Å². The lowest BCUT2D eigenvalue weighted by atomic mass is 9.79. The van der Waals surface area contributed by atoms with Crippen LogP contribution in [0.3, 0.4) is 0 Å². The number of fused-ring (bicyclic) bond motifs is 1. The van der Waals surface area contributed by atoms with Crippen molar-refractivity contribution in [1.29, 1.82) is 0 Å². The Morgan fingerprint density at radius 2 is 1.71 bits per heavy atom. The van der Waals surface area contributed by atoms with E-state index in [1.54, 1.807) is 12.1 Å². The van der Waals surface area contributed by atoms with Crippen LogP contribution in [0, 0.1) is 6.92 Å². The molecule has 0 spiro atoms. The van der Waals surface area contributed by atoms with E-state index in [1.165, 1.54) is 12.8 Å². The minimum Gasteiger partial charge on any atom is -0.507 e. The first-order valence-electron chi connectivity index (χ1n) is 12.7. The number of anilines is 1. The van der Waals surface area contributed by atoms with Gasteiger partial charge in [-0.25, -0.2) is 0 Å². The summed E-state index contributed by atoms with van der Waals surface area (Å²) in [6.45, 7) is 13.0. The molecule has 2 aliphatic rings. The van der Waals surface area contributed by atoms with Gasteiger partial charge in [0.25, 0.3) is 0 Å². The van der Waals surface area contributed by atoms with Crippen LogP contribution in [0.4, 0.5) is 5.69 Å². The van der Waals surface area contributed by atoms with E-state index in [0.29, 0.717) is 23.1 Å². The lowest BCUT2D eigenvalue weighted by molar-refractivity contribution is 0.0981. The molecule has 3 heterocycles. The molecule has 7 nitrogen and oxygen atoms in total. The van der Waals surface area contributed by atoms with Crippen LogP contribution in [-0.4, -0.2) is 52.2 Å². The first-order valence-corrected chi connectivity index (χ1v) is 12.7. The highest BCUT2D eigenvalue weighted by molar-refractivity contribution is 5.96. The molecule has 7 heteroatoms. The van der Waals surface area contributed by atoms with Crippen LogP contribution < -0.4 is 21.7 Å². The van der Waals surface area contributed by atoms with E-state index in [9.17, 15) is 5.11 Å². The van der Waals surface area contributed by atoms with Crippen molar-refractivity contribution in [3.8, 4) is 5.75 Å². The third-order valence-electron chi connectivity index (χ3n) is 7.35. The van der Waals surface area contributed by atoms with Gasteiger partial charge in [-0.15, -0.1) is 0 Å². The van der Waals surface area contributed by atoms with Crippen molar-refractivity contribution in [1.82, 2.24) is 15.2 Å². The van der Waals surface area contributed by atoms with Gasteiger partial charge >= 0.3 is 0 Å². The van der Waals surface area contributed by atoms with E-state index in [-0.39, 0.29) is 16.8 Å². The van der Waals surface area contributed by atoms with Crippen LogP contribution in [0.2, 0.25) is 0 Å². The van der Waals surface area contributed by atoms with E-state index < -0.39 is 0 Å². The summed E-state index contributed by atoms with van der Waals surface area (Å²) in [5.41, 5.74) is 17.0. The molecule has 0 atom stereocenters. The molecule has 1 aromatic heterocycles. The summed E-state index contributed by atoms with van der Waals surface area (Å²) < 4.78 is 0. The van der Waals surface area contributed by atoms with Crippen LogP contribution in [0.1, 0.15) is 64.6 Å². The number of benzene rings is 1. The standard InChI is InChI=1S/C28H42N6O/c1-18-13-24(34-11-7-8-12-34)21-14-20(25(35)15-23(21)31-18)22(29)9-10-26(30)33(6)19-16-27(2,3)32-28(4,5)17-19/h9-10,13-15,19,32,35H,7-8,11-12,16-17,29-30H2,1-6H3/b22-9-,26-10+. The molecule has 2 saturated heterocycles. The van der Waals surface area contributed by atoms with Gasteiger partial charge in [-0.1, -0.05) is 0 Å². The Kier molecular flexibility index (Phi) is 6.66. The number of nitrogens with zero attached hydrogens (tertiary/aromatic N) is 3. The minimum atomic E-state index is 0.0339. The first-order chi connectivity index (χ1) is 16.3. The van der Waals surface area contributed by atoms with Crippen LogP contribution in [0.25, 0.3) is 16.6 Å². The monoisotopic (exact) mass is 478 g/mol. The predicted octanol–water partition coefficient (Wildman–Crippen LogP) is 4.19. The number of nitrogens with two attached hydrogens (primary N) is 2. The molecule has 6 N–H and O–H groups in total. The molecule has 35 heavy (non-hydrogen) atoms. The Labute approximate surface area is 209 Å². The maximum Gasteiger partial charge on any atom is 0.127 e. The lowest BCUT2D eigenvalue weighted by Gasteiger charge is -2.49. The molecule has 0 amide bonds. The smallest absolute Gasteiger partial charge is 0.127 e. The van der Waals surface area contributed by atoms with E-state index in [1.807, 2.05) is 26.1 Å². The highest BCUT2D eigenvalue weighted by Gasteiger charge is 2.39. The number of pyridine rings is 1. The Balaban J connectivity index is 1.63. The van der Waals surface area contributed by atoms with Gasteiger partial charge in [0, 0.05) is 71.4 Å². The molecule has 0 saturated carbocycles. The summed E-state index contributed by atoms with van der Waals surface area (Å²) in [5.74, 6) is 0.778. The fourth-order valence-electron chi connectivity index (χ4n) is 5.96. The fourth-order valence-corrected chi connectivity index (χ4v) is 5.96. The van der Waals surface area contributed by atoms with Crippen LogP contribution >= 0.6 is 0 Å². The number of phenolic OH excluding ortho intramolecular Hbond substituents is 1. The number of aryl methyl sites for hydroxylation is 1. The van der Waals surface area contributed by atoms with Gasteiger partial charge in [0.2, 0.25) is 0 Å². The van der Waals surface area contributed by atoms with Gasteiger partial charge in [0.05, 0.1) is 11.3 Å². The van der Waals surface area contributed by atoms with Crippen LogP contribution in [-0.2, 0) is 0 Å². The molecule has 4 rings (SSSR count). The molecule has 0 aliphatic carbocycles. The fraction of sp³-hybridized carbons (Fsp3) is 0.536. The Bertz CT molecular complexity index is 1140. The normalized spacial score (nSPS) is 21.0. The van der Waals surface area contributed by atoms with Crippen molar-refractivity contribution >= 4 is 22.3 Å². The zero-order chi connectivity index (χ0) is 25.5. The Morgan fingerprint density at radius 3 is 2.34 bits per heavy atom. The number of phenols is 1. The number of allylic oxidation sites excluding steroid dienone is 2. The zero-order valence-corrected chi connectivity index (χ0v) is 22.2. The molecular formula is C28H42N6O. The van der Waals surface area contributed by atoms with Crippen molar-refractivity contribution in [3.05, 3.63) is 47.4 Å². The highest BCUT2D eigenvalue weighted by Crippen LogP contribution is 2.35. The number of hydrogen-bond acceptors (Lipinski definition) is 7. The van der Waals surface area contributed by atoms with Gasteiger partial charge in [-0.05, 0) is 84.6 Å². The van der Waals surface area contributed by atoms with Crippen molar-refractivity contribution in [2.45, 2.75) is 77.4 Å². The SMILES string of the molecule is Cc1cc(N2CCCC2)c2cc(/C(N)=C/C=C(\N)N(C)C3CC(C)(C)NC(C)(C)C3)c(O)cc2n1. The largest absolute Gasteiger partial charge is 0.507 e. The predicted molar refractivity (Wildman–Crippen MR) is 146 cm³/mol. The second kappa shape index (κ2) is 9.26. The second-order valence-electron chi connectivity index (χ2n) is 11.6. The van der Waals surface area contributed by atoms with E-state index in [4.69, 9.17) is 11.5 Å². The molecular weight excluding hydrogens is 436 g/mol. The third-order valence-corrected chi connectivity index (χ3v) is 7.35. The number of nitrogens with one attached hydrogen (secondary N) is 1. The molecule has 0 bridgehead atoms. The van der Waals surface area contributed by atoms with Crippen molar-refractivity contribution < 1.29 is 5.11 Å². The van der Waals surface area contributed by atoms with Crippen LogP contribution in [0.5, 0.6) is 5.75 Å². The van der Waals surface area contributed by atoms with Crippen LogP contribution in [0.15, 0.2) is 36.2 Å². The molecule has 2 aliphatic heterocycles. The van der Waals surface area contributed by atoms with Gasteiger partial charge in [-0.2, -0.15) is 0 Å². The Morgan fingerprint density at radius 1 is 1.09 bits per heavy atom. The van der Waals surface area contributed by atoms with E-state index >= 15 is 0 Å². The number of rotatable bonds is 5. The van der Waals surface area contributed by atoms with Crippen molar-refractivity contribution in [2.24, 2.45) is 11.5 Å². The molecule has 0 unspecified atom stereocenters. The molecule has 190 valence electrons. The number of hydrogen-bond donors (Lipinski definition) is 4. The summed E-state index contributed by atoms with van der Waals surface area (Å²) in [4.78, 5) is 9.19. The summed E-state index contributed by atoms with van der Waals surface area (Å²) in [6.07, 6.45) is 8.02. The van der Waals surface area contributed by atoms with E-state index in [0.717, 1.165) is 48.2 Å². The number of aromatic hydroxyl groups is 1. The van der Waals surface area contributed by atoms with Gasteiger partial charge in [-0.3, -0.25) is 4.98 Å².